The molecule has 2 aromatic carbocycles. The van der Waals surface area contributed by atoms with Crippen LogP contribution in [0.4, 0.5) is 5.69 Å². The summed E-state index contributed by atoms with van der Waals surface area (Å²) in [5.41, 5.74) is 8.37. The van der Waals surface area contributed by atoms with Gasteiger partial charge in [0.2, 0.25) is 17.7 Å². The van der Waals surface area contributed by atoms with E-state index in [1.54, 1.807) is 17.0 Å². The minimum atomic E-state index is -0.635. The number of anilines is 1. The molecule has 3 rings (SSSR count). The number of benzene rings is 2. The largest absolute Gasteiger partial charge is 0.391 e. The standard InChI is InChI=1S/C34H49N5O5/c1-5-21-35-38-32(43)26-14-12-24(13-15-26)25-16-18-27(19-17-25)36-29(41)10-8-6-7-9-11-30(42)37-31(34(2,3)4)33(44)39-22-20-28(40)23-39/h12-19,28,31,35,40H,5-11,20-23H2,1-4H3,(H,36,41)(H,37,42)(H,38,43)/t28-,31?/m1/s1. The lowest BCUT2D eigenvalue weighted by atomic mass is 9.85. The van der Waals surface area contributed by atoms with E-state index in [0.717, 1.165) is 42.5 Å². The molecule has 1 aliphatic heterocycles. The fourth-order valence-corrected chi connectivity index (χ4v) is 5.05. The van der Waals surface area contributed by atoms with Crippen molar-refractivity contribution in [1.29, 1.82) is 0 Å². The molecule has 5 N–H and O–H groups in total. The monoisotopic (exact) mass is 607 g/mol. The fraction of sp³-hybridized carbons (Fsp3) is 0.529. The number of amides is 4. The first-order valence-corrected chi connectivity index (χ1v) is 15.8. The number of β-amino-alcohol motifs (C(OH)–C–C–N with tert-alkyl or cyclic N) is 1. The van der Waals surface area contributed by atoms with E-state index in [0.29, 0.717) is 50.9 Å². The summed E-state index contributed by atoms with van der Waals surface area (Å²) in [5, 5.41) is 15.6. The maximum atomic E-state index is 13.0. The van der Waals surface area contributed by atoms with Gasteiger partial charge in [-0.05, 0) is 66.5 Å². The molecule has 44 heavy (non-hydrogen) atoms. The Morgan fingerprint density at radius 3 is 2.02 bits per heavy atom. The highest BCUT2D eigenvalue weighted by atomic mass is 16.3. The van der Waals surface area contributed by atoms with Crippen molar-refractivity contribution in [1.82, 2.24) is 21.1 Å². The number of aliphatic hydroxyl groups is 1. The first kappa shape index (κ1) is 34.7. The highest BCUT2D eigenvalue weighted by Gasteiger charge is 2.37. The second-order valence-electron chi connectivity index (χ2n) is 12.6. The van der Waals surface area contributed by atoms with Gasteiger partial charge in [-0.1, -0.05) is 64.8 Å². The number of carbonyl (C=O) groups excluding carboxylic acids is 4. The molecule has 1 aliphatic rings. The number of carbonyl (C=O) groups is 4. The van der Waals surface area contributed by atoms with Crippen molar-refractivity contribution in [2.75, 3.05) is 25.0 Å². The molecule has 0 radical (unpaired) electrons. The summed E-state index contributed by atoms with van der Waals surface area (Å²) in [6, 6.07) is 14.3. The highest BCUT2D eigenvalue weighted by molar-refractivity contribution is 5.94. The summed E-state index contributed by atoms with van der Waals surface area (Å²) < 4.78 is 0. The van der Waals surface area contributed by atoms with Gasteiger partial charge in [0.1, 0.15) is 6.04 Å². The molecule has 1 fully saturated rings. The normalized spacial score (nSPS) is 15.5. The van der Waals surface area contributed by atoms with Crippen LogP contribution in [0.3, 0.4) is 0 Å². The lowest BCUT2D eigenvalue weighted by Crippen LogP contribution is -2.54. The molecule has 1 saturated heterocycles. The molecule has 10 heteroatoms. The first-order valence-electron chi connectivity index (χ1n) is 15.8. The molecule has 0 bridgehead atoms. The van der Waals surface area contributed by atoms with Crippen LogP contribution >= 0.6 is 0 Å². The van der Waals surface area contributed by atoms with Crippen LogP contribution in [0.5, 0.6) is 0 Å². The topological polar surface area (TPSA) is 140 Å². The summed E-state index contributed by atoms with van der Waals surface area (Å²) in [5.74, 6) is -0.522. The van der Waals surface area contributed by atoms with Crippen molar-refractivity contribution in [2.45, 2.75) is 91.2 Å². The minimum absolute atomic E-state index is 0.0545. The lowest BCUT2D eigenvalue weighted by Gasteiger charge is -2.33. The Bertz CT molecular complexity index is 1240. The van der Waals surface area contributed by atoms with Gasteiger partial charge in [0.05, 0.1) is 6.10 Å². The quantitative estimate of drug-likeness (QED) is 0.150. The molecule has 0 aromatic heterocycles. The minimum Gasteiger partial charge on any atom is -0.391 e. The number of nitrogens with zero attached hydrogens (tertiary/aromatic N) is 1. The van der Waals surface area contributed by atoms with Crippen LogP contribution in [0.25, 0.3) is 11.1 Å². The number of nitrogens with one attached hydrogen (secondary N) is 4. The summed E-state index contributed by atoms with van der Waals surface area (Å²) in [4.78, 5) is 51.8. The third-order valence-electron chi connectivity index (χ3n) is 7.68. The van der Waals surface area contributed by atoms with Crippen LogP contribution in [0, 0.1) is 5.41 Å². The van der Waals surface area contributed by atoms with E-state index in [9.17, 15) is 24.3 Å². The first-order chi connectivity index (χ1) is 21.0. The Hall–Kier alpha value is -3.76. The van der Waals surface area contributed by atoms with Crippen LogP contribution in [0.1, 0.15) is 89.4 Å². The second kappa shape index (κ2) is 16.9. The summed E-state index contributed by atoms with van der Waals surface area (Å²) in [7, 11) is 0. The number of hydrazine groups is 1. The van der Waals surface area contributed by atoms with Crippen molar-refractivity contribution in [3.05, 3.63) is 54.1 Å². The zero-order valence-electron chi connectivity index (χ0n) is 26.6. The Labute approximate surface area is 261 Å². The van der Waals surface area contributed by atoms with E-state index in [1.807, 2.05) is 64.1 Å². The van der Waals surface area contributed by atoms with Crippen LogP contribution in [-0.4, -0.2) is 65.4 Å². The van der Waals surface area contributed by atoms with Crippen LogP contribution in [-0.2, 0) is 14.4 Å². The third-order valence-corrected chi connectivity index (χ3v) is 7.68. The highest BCUT2D eigenvalue weighted by Crippen LogP contribution is 2.24. The predicted octanol–water partition coefficient (Wildman–Crippen LogP) is 4.40. The van der Waals surface area contributed by atoms with Crippen molar-refractivity contribution in [3.8, 4) is 11.1 Å². The van der Waals surface area contributed by atoms with Crippen LogP contribution < -0.4 is 21.5 Å². The number of aliphatic hydroxyl groups excluding tert-OH is 1. The zero-order chi connectivity index (χ0) is 32.1. The molecular weight excluding hydrogens is 558 g/mol. The molecule has 10 nitrogen and oxygen atoms in total. The van der Waals surface area contributed by atoms with Gasteiger partial charge >= 0.3 is 0 Å². The molecule has 4 amide bonds. The smallest absolute Gasteiger partial charge is 0.265 e. The molecule has 2 atom stereocenters. The average Bonchev–Trinajstić information content (AvgIpc) is 3.43. The summed E-state index contributed by atoms with van der Waals surface area (Å²) in [6.45, 7) is 9.34. The maximum Gasteiger partial charge on any atom is 0.265 e. The maximum absolute atomic E-state index is 13.0. The van der Waals surface area contributed by atoms with Crippen molar-refractivity contribution < 1.29 is 24.3 Å². The summed E-state index contributed by atoms with van der Waals surface area (Å²) >= 11 is 0. The van der Waals surface area contributed by atoms with Gasteiger partial charge in [0.25, 0.3) is 5.91 Å². The van der Waals surface area contributed by atoms with E-state index in [1.165, 1.54) is 0 Å². The summed E-state index contributed by atoms with van der Waals surface area (Å²) in [6.07, 6.45) is 4.77. The second-order valence-corrected chi connectivity index (χ2v) is 12.6. The van der Waals surface area contributed by atoms with E-state index < -0.39 is 17.6 Å². The van der Waals surface area contributed by atoms with Gasteiger partial charge in [-0.2, -0.15) is 0 Å². The van der Waals surface area contributed by atoms with Gasteiger partial charge in [0, 0.05) is 43.7 Å². The van der Waals surface area contributed by atoms with Crippen molar-refractivity contribution in [2.24, 2.45) is 5.41 Å². The van der Waals surface area contributed by atoms with Crippen LogP contribution in [0.2, 0.25) is 0 Å². The number of rotatable bonds is 15. The number of hydrogen-bond donors (Lipinski definition) is 5. The molecule has 0 aliphatic carbocycles. The number of unbranched alkanes of at least 4 members (excludes halogenated alkanes) is 3. The average molecular weight is 608 g/mol. The fourth-order valence-electron chi connectivity index (χ4n) is 5.05. The molecule has 0 spiro atoms. The van der Waals surface area contributed by atoms with E-state index in [-0.39, 0.29) is 23.6 Å². The Morgan fingerprint density at radius 1 is 0.886 bits per heavy atom. The van der Waals surface area contributed by atoms with E-state index in [2.05, 4.69) is 21.5 Å². The number of hydrogen-bond acceptors (Lipinski definition) is 6. The Kier molecular flexibility index (Phi) is 13.4. The molecule has 0 saturated carbocycles. The molecule has 240 valence electrons. The van der Waals surface area contributed by atoms with E-state index in [4.69, 9.17) is 0 Å². The predicted molar refractivity (Wildman–Crippen MR) is 173 cm³/mol. The number of likely N-dealkylation sites (tertiary alicyclic amines) is 1. The molecule has 1 unspecified atom stereocenters. The Balaban J connectivity index is 1.33. The van der Waals surface area contributed by atoms with Crippen molar-refractivity contribution in [3.63, 3.8) is 0 Å². The lowest BCUT2D eigenvalue weighted by molar-refractivity contribution is -0.138. The van der Waals surface area contributed by atoms with E-state index >= 15 is 0 Å². The third kappa shape index (κ3) is 11.1. The van der Waals surface area contributed by atoms with Gasteiger partial charge in [0.15, 0.2) is 0 Å². The van der Waals surface area contributed by atoms with Crippen LogP contribution in [0.15, 0.2) is 48.5 Å². The zero-order valence-corrected chi connectivity index (χ0v) is 26.6. The van der Waals surface area contributed by atoms with Gasteiger partial charge in [-0.25, -0.2) is 5.43 Å². The van der Waals surface area contributed by atoms with Crippen molar-refractivity contribution >= 4 is 29.3 Å². The van der Waals surface area contributed by atoms with Gasteiger partial charge < -0.3 is 20.6 Å². The molecule has 1 heterocycles. The SMILES string of the molecule is CCCNNC(=O)c1ccc(-c2ccc(NC(=O)CCCCCCC(=O)NC(C(=O)N3CC[C@@H](O)C3)C(C)(C)C)cc2)cc1. The molecule has 2 aromatic rings. The van der Waals surface area contributed by atoms with Gasteiger partial charge in [-0.15, -0.1) is 0 Å². The van der Waals surface area contributed by atoms with Gasteiger partial charge in [-0.3, -0.25) is 24.6 Å². The Morgan fingerprint density at radius 2 is 1.48 bits per heavy atom. The molecular formula is C34H49N5O5.